The molecular weight excluding hydrogens is 382 g/mol. The first-order chi connectivity index (χ1) is 10.1. The molecule has 1 amide bonds. The minimum absolute atomic E-state index is 0.219. The molecule has 2 heterocycles. The molecule has 0 aliphatic rings. The van der Waals surface area contributed by atoms with Crippen LogP contribution in [0.5, 0.6) is 0 Å². The number of nitrogens with one attached hydrogen (secondary N) is 1. The van der Waals surface area contributed by atoms with Gasteiger partial charge in [0, 0.05) is 5.75 Å². The third-order valence-electron chi connectivity index (χ3n) is 2.33. The van der Waals surface area contributed by atoms with Crippen molar-refractivity contribution < 1.29 is 19.1 Å². The van der Waals surface area contributed by atoms with Gasteiger partial charge in [-0.3, -0.25) is 4.79 Å². The summed E-state index contributed by atoms with van der Waals surface area (Å²) in [7, 11) is 0. The molecule has 0 spiro atoms. The molecule has 0 saturated heterocycles. The average molecular weight is 392 g/mol. The van der Waals surface area contributed by atoms with E-state index in [1.165, 1.54) is 23.1 Å². The third kappa shape index (κ3) is 4.55. The van der Waals surface area contributed by atoms with Crippen molar-refractivity contribution in [2.75, 3.05) is 5.75 Å². The lowest BCUT2D eigenvalue weighted by molar-refractivity contribution is -0.139. The largest absolute Gasteiger partial charge is 0.480 e. The number of rotatable bonds is 8. The van der Waals surface area contributed by atoms with E-state index in [1.807, 2.05) is 12.1 Å². The number of carbonyl (C=O) groups excluding carboxylic acids is 1. The minimum Gasteiger partial charge on any atom is -0.480 e. The monoisotopic (exact) mass is 391 g/mol. The molecule has 2 N–H and O–H groups in total. The van der Waals surface area contributed by atoms with E-state index in [1.54, 1.807) is 0 Å². The predicted molar refractivity (Wildman–Crippen MR) is 82.1 cm³/mol. The average Bonchev–Trinajstić information content (AvgIpc) is 3.06. The molecule has 7 nitrogen and oxygen atoms in total. The van der Waals surface area contributed by atoms with Gasteiger partial charge in [0.05, 0.1) is 14.4 Å². The standard InChI is InChI=1S/C11H10BrN3O4S2/c12-8-2-1-7(21-8)10-15-14-9(19-10)4-20-3-6(11(17)18)13-5-16/h1-2,5-6H,3-4H2,(H,13,16)(H,17,18). The van der Waals surface area contributed by atoms with Crippen LogP contribution >= 0.6 is 39.0 Å². The molecule has 2 rings (SSSR count). The van der Waals surface area contributed by atoms with Crippen LogP contribution in [0.1, 0.15) is 5.89 Å². The Morgan fingerprint density at radius 2 is 2.38 bits per heavy atom. The Labute approximate surface area is 136 Å². The molecule has 21 heavy (non-hydrogen) atoms. The normalized spacial score (nSPS) is 12.0. The van der Waals surface area contributed by atoms with Crippen molar-refractivity contribution in [2.45, 2.75) is 11.8 Å². The highest BCUT2D eigenvalue weighted by molar-refractivity contribution is 9.11. The van der Waals surface area contributed by atoms with Crippen LogP contribution < -0.4 is 5.32 Å². The number of thiophene rings is 1. The molecule has 0 bridgehead atoms. The van der Waals surface area contributed by atoms with Crippen LogP contribution in [0.15, 0.2) is 20.3 Å². The Hall–Kier alpha value is -1.39. The highest BCUT2D eigenvalue weighted by atomic mass is 79.9. The highest BCUT2D eigenvalue weighted by Crippen LogP contribution is 2.30. The first kappa shape index (κ1) is 16.0. The van der Waals surface area contributed by atoms with Gasteiger partial charge in [-0.2, -0.15) is 0 Å². The van der Waals surface area contributed by atoms with Crippen LogP contribution in [0.4, 0.5) is 0 Å². The fourth-order valence-corrected chi connectivity index (χ4v) is 3.57. The number of hydrogen-bond acceptors (Lipinski definition) is 7. The zero-order valence-corrected chi connectivity index (χ0v) is 13.7. The van der Waals surface area contributed by atoms with E-state index in [0.717, 1.165) is 8.66 Å². The Bertz CT molecular complexity index is 631. The van der Waals surface area contributed by atoms with Gasteiger partial charge in [0.15, 0.2) is 0 Å². The Morgan fingerprint density at radius 3 is 3.00 bits per heavy atom. The van der Waals surface area contributed by atoms with Crippen LogP contribution in [0.3, 0.4) is 0 Å². The summed E-state index contributed by atoms with van der Waals surface area (Å²) in [5.74, 6) is 0.362. The molecular formula is C11H10BrN3O4S2. The van der Waals surface area contributed by atoms with E-state index >= 15 is 0 Å². The lowest BCUT2D eigenvalue weighted by Crippen LogP contribution is -2.37. The van der Waals surface area contributed by atoms with Crippen LogP contribution in [0.25, 0.3) is 10.8 Å². The summed E-state index contributed by atoms with van der Waals surface area (Å²) >= 11 is 6.13. The Kier molecular flexibility index (Phi) is 5.76. The van der Waals surface area contributed by atoms with Crippen molar-refractivity contribution in [2.24, 2.45) is 0 Å². The van der Waals surface area contributed by atoms with Gasteiger partial charge in [0.1, 0.15) is 6.04 Å². The van der Waals surface area contributed by atoms with E-state index < -0.39 is 12.0 Å². The quantitative estimate of drug-likeness (QED) is 0.662. The lowest BCUT2D eigenvalue weighted by atomic mass is 10.3. The number of amides is 1. The molecule has 2 aromatic rings. The molecule has 2 aromatic heterocycles. The molecule has 0 aromatic carbocycles. The van der Waals surface area contributed by atoms with Crippen LogP contribution in [0, 0.1) is 0 Å². The number of hydrogen-bond donors (Lipinski definition) is 2. The molecule has 0 saturated carbocycles. The summed E-state index contributed by atoms with van der Waals surface area (Å²) in [6, 6.07) is 2.83. The molecule has 10 heteroatoms. The van der Waals surface area contributed by atoms with Gasteiger partial charge in [-0.15, -0.1) is 33.3 Å². The molecule has 112 valence electrons. The smallest absolute Gasteiger partial charge is 0.327 e. The first-order valence-electron chi connectivity index (χ1n) is 5.68. The van der Waals surface area contributed by atoms with E-state index in [4.69, 9.17) is 9.52 Å². The van der Waals surface area contributed by atoms with Crippen LogP contribution in [0.2, 0.25) is 0 Å². The zero-order chi connectivity index (χ0) is 15.2. The van der Waals surface area contributed by atoms with Gasteiger partial charge in [0.2, 0.25) is 12.3 Å². The molecule has 1 atom stereocenters. The van der Waals surface area contributed by atoms with Gasteiger partial charge < -0.3 is 14.8 Å². The fourth-order valence-electron chi connectivity index (χ4n) is 1.38. The van der Waals surface area contributed by atoms with Crippen molar-refractivity contribution in [1.29, 1.82) is 0 Å². The molecule has 0 fully saturated rings. The number of carboxylic acid groups (broad SMARTS) is 1. The molecule has 0 aliphatic carbocycles. The SMILES string of the molecule is O=CNC(CSCc1nnc(-c2ccc(Br)s2)o1)C(=O)O. The number of aromatic nitrogens is 2. The summed E-state index contributed by atoms with van der Waals surface area (Å²) in [5, 5.41) is 18.9. The minimum atomic E-state index is -1.08. The summed E-state index contributed by atoms with van der Waals surface area (Å²) in [6.45, 7) is 0. The predicted octanol–water partition coefficient (Wildman–Crippen LogP) is 1.99. The second kappa shape index (κ2) is 7.57. The van der Waals surface area contributed by atoms with Gasteiger partial charge in [-0.25, -0.2) is 4.79 Å². The molecule has 0 radical (unpaired) electrons. The number of nitrogens with zero attached hydrogens (tertiary/aromatic N) is 2. The van der Waals surface area contributed by atoms with Gasteiger partial charge in [0.25, 0.3) is 5.89 Å². The third-order valence-corrected chi connectivity index (χ3v) is 4.96. The van der Waals surface area contributed by atoms with E-state index in [0.29, 0.717) is 23.9 Å². The number of thioether (sulfide) groups is 1. The zero-order valence-electron chi connectivity index (χ0n) is 10.5. The lowest BCUT2D eigenvalue weighted by Gasteiger charge is -2.09. The van der Waals surface area contributed by atoms with Gasteiger partial charge in [-0.05, 0) is 28.1 Å². The summed E-state index contributed by atoms with van der Waals surface area (Å²) < 4.78 is 6.46. The second-order valence-electron chi connectivity index (χ2n) is 3.80. The maximum atomic E-state index is 10.8. The number of halogens is 1. The highest BCUT2D eigenvalue weighted by Gasteiger charge is 2.17. The van der Waals surface area contributed by atoms with Crippen molar-refractivity contribution in [3.8, 4) is 10.8 Å². The molecule has 1 unspecified atom stereocenters. The fraction of sp³-hybridized carbons (Fsp3) is 0.273. The first-order valence-corrected chi connectivity index (χ1v) is 8.45. The number of carboxylic acids is 1. The van der Waals surface area contributed by atoms with Gasteiger partial charge >= 0.3 is 5.97 Å². The maximum Gasteiger partial charge on any atom is 0.327 e. The van der Waals surface area contributed by atoms with Crippen molar-refractivity contribution in [3.05, 3.63) is 21.8 Å². The maximum absolute atomic E-state index is 10.8. The van der Waals surface area contributed by atoms with E-state index in [-0.39, 0.29) is 5.75 Å². The number of aliphatic carboxylic acids is 1. The number of carbonyl (C=O) groups is 2. The van der Waals surface area contributed by atoms with Crippen molar-refractivity contribution in [1.82, 2.24) is 15.5 Å². The van der Waals surface area contributed by atoms with Crippen LogP contribution in [-0.4, -0.2) is 39.5 Å². The summed E-state index contributed by atoms with van der Waals surface area (Å²) in [4.78, 5) is 22.0. The van der Waals surface area contributed by atoms with E-state index in [2.05, 4.69) is 31.4 Å². The van der Waals surface area contributed by atoms with Gasteiger partial charge in [-0.1, -0.05) is 0 Å². The topological polar surface area (TPSA) is 105 Å². The van der Waals surface area contributed by atoms with Crippen LogP contribution in [-0.2, 0) is 15.3 Å². The summed E-state index contributed by atoms with van der Waals surface area (Å²) in [6.07, 6.45) is 0.374. The Balaban J connectivity index is 1.88. The summed E-state index contributed by atoms with van der Waals surface area (Å²) in [5.41, 5.74) is 0. The Morgan fingerprint density at radius 1 is 1.57 bits per heavy atom. The second-order valence-corrected chi connectivity index (χ2v) is 7.29. The van der Waals surface area contributed by atoms with E-state index in [9.17, 15) is 9.59 Å². The molecule has 0 aliphatic heterocycles. The van der Waals surface area contributed by atoms with Crippen molar-refractivity contribution >= 4 is 51.4 Å². The van der Waals surface area contributed by atoms with Crippen molar-refractivity contribution in [3.63, 3.8) is 0 Å².